The summed E-state index contributed by atoms with van der Waals surface area (Å²) >= 11 is 0. The van der Waals surface area contributed by atoms with E-state index in [4.69, 9.17) is 5.73 Å². The van der Waals surface area contributed by atoms with Gasteiger partial charge in [-0.1, -0.05) is 0 Å². The van der Waals surface area contributed by atoms with Crippen molar-refractivity contribution in [3.8, 4) is 5.69 Å². The number of nitrogens with two attached hydrogens (primary N) is 1. The molecule has 90 valence electrons. The Hall–Kier alpha value is -1.86. The first-order valence-electron chi connectivity index (χ1n) is 4.88. The van der Waals surface area contributed by atoms with Gasteiger partial charge in [0.2, 0.25) is 10.0 Å². The van der Waals surface area contributed by atoms with Gasteiger partial charge in [-0.15, -0.1) is 0 Å². The Balaban J connectivity index is 2.37. The molecule has 0 aliphatic rings. The molecule has 0 atom stereocenters. The van der Waals surface area contributed by atoms with Crippen molar-refractivity contribution in [3.05, 3.63) is 36.5 Å². The summed E-state index contributed by atoms with van der Waals surface area (Å²) in [6.07, 6.45) is 1.71. The molecule has 0 bridgehead atoms. The Morgan fingerprint density at radius 1 is 1.24 bits per heavy atom. The van der Waals surface area contributed by atoms with Gasteiger partial charge in [-0.3, -0.25) is 0 Å². The summed E-state index contributed by atoms with van der Waals surface area (Å²) in [6.45, 7) is 0. The number of benzene rings is 1. The minimum atomic E-state index is -3.40. The number of anilines is 1. The van der Waals surface area contributed by atoms with Crippen LogP contribution in [0.4, 0.5) is 5.82 Å². The summed E-state index contributed by atoms with van der Waals surface area (Å²) in [4.78, 5) is 0.212. The highest BCUT2D eigenvalue weighted by Crippen LogP contribution is 2.13. The van der Waals surface area contributed by atoms with Crippen molar-refractivity contribution in [1.82, 2.24) is 14.5 Å². The molecular formula is C10H12N4O2S. The maximum Gasteiger partial charge on any atom is 0.240 e. The molecule has 2 aromatic rings. The van der Waals surface area contributed by atoms with E-state index in [0.717, 1.165) is 5.69 Å². The lowest BCUT2D eigenvalue weighted by Gasteiger charge is -2.04. The van der Waals surface area contributed by atoms with Crippen LogP contribution in [0.2, 0.25) is 0 Å². The van der Waals surface area contributed by atoms with Gasteiger partial charge in [0.25, 0.3) is 0 Å². The molecule has 1 aromatic heterocycles. The van der Waals surface area contributed by atoms with E-state index in [2.05, 4.69) is 9.82 Å². The van der Waals surface area contributed by atoms with Crippen molar-refractivity contribution in [2.75, 3.05) is 12.8 Å². The number of sulfonamides is 1. The van der Waals surface area contributed by atoms with Gasteiger partial charge in [-0.25, -0.2) is 17.8 Å². The fraction of sp³-hybridized carbons (Fsp3) is 0.100. The number of rotatable bonds is 3. The number of nitrogens with zero attached hydrogens (tertiary/aromatic N) is 2. The van der Waals surface area contributed by atoms with Gasteiger partial charge in [-0.2, -0.15) is 5.10 Å². The molecule has 17 heavy (non-hydrogen) atoms. The zero-order chi connectivity index (χ0) is 12.5. The summed E-state index contributed by atoms with van der Waals surface area (Å²) in [5.74, 6) is 0.414. The van der Waals surface area contributed by atoms with Crippen molar-refractivity contribution < 1.29 is 8.42 Å². The third-order valence-corrected chi connectivity index (χ3v) is 3.72. The van der Waals surface area contributed by atoms with Crippen molar-refractivity contribution in [3.63, 3.8) is 0 Å². The monoisotopic (exact) mass is 252 g/mol. The molecule has 0 unspecified atom stereocenters. The molecule has 7 heteroatoms. The molecule has 1 heterocycles. The standard InChI is InChI=1S/C10H12N4O2S/c1-12-17(15,16)9-4-2-8(3-5-9)14-7-6-10(11)13-14/h2-7,12H,1H3,(H2,11,13). The second-order valence-electron chi connectivity index (χ2n) is 3.39. The third kappa shape index (κ3) is 2.29. The zero-order valence-corrected chi connectivity index (χ0v) is 9.98. The van der Waals surface area contributed by atoms with Gasteiger partial charge < -0.3 is 5.73 Å². The van der Waals surface area contributed by atoms with Crippen LogP contribution >= 0.6 is 0 Å². The quantitative estimate of drug-likeness (QED) is 0.825. The Labute approximate surface area is 99.1 Å². The molecule has 0 amide bonds. The summed E-state index contributed by atoms with van der Waals surface area (Å²) in [6, 6.07) is 8.02. The van der Waals surface area contributed by atoms with Crippen molar-refractivity contribution in [1.29, 1.82) is 0 Å². The van der Waals surface area contributed by atoms with Crippen LogP contribution in [0.3, 0.4) is 0 Å². The number of hydrogen-bond donors (Lipinski definition) is 2. The van der Waals surface area contributed by atoms with E-state index in [1.807, 2.05) is 0 Å². The highest BCUT2D eigenvalue weighted by Gasteiger charge is 2.10. The van der Waals surface area contributed by atoms with Crippen LogP contribution in [0.1, 0.15) is 0 Å². The second-order valence-corrected chi connectivity index (χ2v) is 5.27. The smallest absolute Gasteiger partial charge is 0.240 e. The van der Waals surface area contributed by atoms with E-state index in [0.29, 0.717) is 5.82 Å². The first-order chi connectivity index (χ1) is 8.03. The van der Waals surface area contributed by atoms with Gasteiger partial charge in [0, 0.05) is 12.3 Å². The van der Waals surface area contributed by atoms with Crippen LogP contribution < -0.4 is 10.5 Å². The Kier molecular flexibility index (Phi) is 2.86. The molecule has 2 rings (SSSR count). The lowest BCUT2D eigenvalue weighted by Crippen LogP contribution is -2.18. The Morgan fingerprint density at radius 2 is 1.88 bits per heavy atom. The van der Waals surface area contributed by atoms with Crippen LogP contribution in [-0.4, -0.2) is 25.2 Å². The van der Waals surface area contributed by atoms with Crippen LogP contribution in [0.25, 0.3) is 5.69 Å². The lowest BCUT2D eigenvalue weighted by molar-refractivity contribution is 0.588. The molecule has 0 aliphatic heterocycles. The van der Waals surface area contributed by atoms with Gasteiger partial charge in [0.1, 0.15) is 5.82 Å². The summed E-state index contributed by atoms with van der Waals surface area (Å²) in [7, 11) is -2.02. The topological polar surface area (TPSA) is 90.0 Å². The largest absolute Gasteiger partial charge is 0.382 e. The Morgan fingerprint density at radius 3 is 2.35 bits per heavy atom. The maximum atomic E-state index is 11.5. The molecule has 0 radical (unpaired) electrons. The normalized spacial score (nSPS) is 11.6. The lowest BCUT2D eigenvalue weighted by atomic mass is 10.3. The van der Waals surface area contributed by atoms with Crippen molar-refractivity contribution in [2.45, 2.75) is 4.90 Å². The van der Waals surface area contributed by atoms with E-state index in [1.54, 1.807) is 29.1 Å². The molecule has 0 aliphatic carbocycles. The molecular weight excluding hydrogens is 240 g/mol. The van der Waals surface area contributed by atoms with Crippen LogP contribution in [0.15, 0.2) is 41.4 Å². The average molecular weight is 252 g/mol. The predicted octanol–water partition coefficient (Wildman–Crippen LogP) is 0.363. The number of hydrogen-bond acceptors (Lipinski definition) is 4. The molecule has 3 N–H and O–H groups in total. The molecule has 0 fully saturated rings. The molecule has 0 saturated heterocycles. The molecule has 6 nitrogen and oxygen atoms in total. The van der Waals surface area contributed by atoms with E-state index in [-0.39, 0.29) is 4.90 Å². The highest BCUT2D eigenvalue weighted by molar-refractivity contribution is 7.89. The first kappa shape index (κ1) is 11.6. The van der Waals surface area contributed by atoms with Crippen LogP contribution in [0, 0.1) is 0 Å². The van der Waals surface area contributed by atoms with E-state index >= 15 is 0 Å². The fourth-order valence-electron chi connectivity index (χ4n) is 1.38. The summed E-state index contributed by atoms with van der Waals surface area (Å²) in [5, 5.41) is 4.02. The predicted molar refractivity (Wildman–Crippen MR) is 64.2 cm³/mol. The number of aromatic nitrogens is 2. The first-order valence-corrected chi connectivity index (χ1v) is 6.36. The van der Waals surface area contributed by atoms with Gasteiger partial charge in [-0.05, 0) is 31.3 Å². The minimum Gasteiger partial charge on any atom is -0.382 e. The molecule has 1 aromatic carbocycles. The summed E-state index contributed by atoms with van der Waals surface area (Å²) in [5.41, 5.74) is 6.25. The maximum absolute atomic E-state index is 11.5. The van der Waals surface area contributed by atoms with Gasteiger partial charge in [0.05, 0.1) is 10.6 Å². The Bertz CT molecular complexity index is 616. The second kappa shape index (κ2) is 4.19. The van der Waals surface area contributed by atoms with E-state index in [9.17, 15) is 8.42 Å². The fourth-order valence-corrected chi connectivity index (χ4v) is 2.11. The van der Waals surface area contributed by atoms with Crippen molar-refractivity contribution >= 4 is 15.8 Å². The third-order valence-electron chi connectivity index (χ3n) is 2.29. The van der Waals surface area contributed by atoms with Crippen LogP contribution in [-0.2, 0) is 10.0 Å². The minimum absolute atomic E-state index is 0.212. The zero-order valence-electron chi connectivity index (χ0n) is 9.16. The highest BCUT2D eigenvalue weighted by atomic mass is 32.2. The van der Waals surface area contributed by atoms with Crippen molar-refractivity contribution in [2.24, 2.45) is 0 Å². The van der Waals surface area contributed by atoms with E-state index < -0.39 is 10.0 Å². The van der Waals surface area contributed by atoms with Gasteiger partial charge in [0.15, 0.2) is 0 Å². The number of nitrogens with one attached hydrogen (secondary N) is 1. The SMILES string of the molecule is CNS(=O)(=O)c1ccc(-n2ccc(N)n2)cc1. The number of nitrogen functional groups attached to an aromatic ring is 1. The molecule has 0 spiro atoms. The summed E-state index contributed by atoms with van der Waals surface area (Å²) < 4.78 is 26.8. The van der Waals surface area contributed by atoms with Gasteiger partial charge >= 0.3 is 0 Å². The van der Waals surface area contributed by atoms with E-state index in [1.165, 1.54) is 19.2 Å². The molecule has 0 saturated carbocycles. The average Bonchev–Trinajstić information content (AvgIpc) is 2.76. The van der Waals surface area contributed by atoms with Crippen LogP contribution in [0.5, 0.6) is 0 Å².